The number of anilines is 1. The standard InChI is InChI=1S/C27H24N4O2/c32-27(29-24-11-5-7-13-26(24)33-17-16-30-15-14-28-20-30)23-19-31(18-21-8-2-1-3-9-21)25-12-6-4-10-22(23)25/h1-15,19-20H,16-18H2,(H,29,32). The Hall–Kier alpha value is -4.32. The molecule has 2 heterocycles. The van der Waals surface area contributed by atoms with E-state index in [2.05, 4.69) is 27.0 Å². The Morgan fingerprint density at radius 2 is 1.73 bits per heavy atom. The molecule has 1 N–H and O–H groups in total. The number of imidazole rings is 1. The average molecular weight is 437 g/mol. The zero-order chi connectivity index (χ0) is 22.5. The zero-order valence-corrected chi connectivity index (χ0v) is 18.1. The number of carbonyl (C=O) groups excluding carboxylic acids is 1. The first kappa shape index (κ1) is 20.6. The first-order valence-corrected chi connectivity index (χ1v) is 10.9. The van der Waals surface area contributed by atoms with Gasteiger partial charge in [0, 0.05) is 36.0 Å². The van der Waals surface area contributed by atoms with Crippen LogP contribution in [0.1, 0.15) is 15.9 Å². The van der Waals surface area contributed by atoms with Gasteiger partial charge in [-0.05, 0) is 23.8 Å². The minimum Gasteiger partial charge on any atom is -0.490 e. The normalized spacial score (nSPS) is 10.9. The average Bonchev–Trinajstić information content (AvgIpc) is 3.49. The highest BCUT2D eigenvalue weighted by Crippen LogP contribution is 2.27. The number of nitrogens with zero attached hydrogens (tertiary/aromatic N) is 3. The SMILES string of the molecule is O=C(Nc1ccccc1OCCn1ccnc1)c1cn(Cc2ccccc2)c2ccccc12. The van der Waals surface area contributed by atoms with Crippen LogP contribution in [0.15, 0.2) is 104 Å². The predicted octanol–water partition coefficient (Wildman–Crippen LogP) is 5.22. The summed E-state index contributed by atoms with van der Waals surface area (Å²) in [5.41, 5.74) is 3.49. The van der Waals surface area contributed by atoms with Gasteiger partial charge in [-0.2, -0.15) is 0 Å². The fraction of sp³-hybridized carbons (Fsp3) is 0.111. The Kier molecular flexibility index (Phi) is 5.89. The first-order chi connectivity index (χ1) is 16.3. The Morgan fingerprint density at radius 3 is 2.58 bits per heavy atom. The molecular formula is C27H24N4O2. The molecule has 5 rings (SSSR count). The Bertz CT molecular complexity index is 1360. The van der Waals surface area contributed by atoms with E-state index in [4.69, 9.17) is 4.74 Å². The molecule has 6 heteroatoms. The molecule has 0 saturated carbocycles. The highest BCUT2D eigenvalue weighted by atomic mass is 16.5. The molecule has 33 heavy (non-hydrogen) atoms. The summed E-state index contributed by atoms with van der Waals surface area (Å²) in [4.78, 5) is 17.4. The molecular weight excluding hydrogens is 412 g/mol. The van der Waals surface area contributed by atoms with E-state index in [0.29, 0.717) is 36.7 Å². The van der Waals surface area contributed by atoms with Crippen LogP contribution >= 0.6 is 0 Å². The smallest absolute Gasteiger partial charge is 0.257 e. The van der Waals surface area contributed by atoms with Crippen molar-refractivity contribution in [3.05, 3.63) is 115 Å². The number of ether oxygens (including phenoxy) is 1. The summed E-state index contributed by atoms with van der Waals surface area (Å²) in [7, 11) is 0. The first-order valence-electron chi connectivity index (χ1n) is 10.9. The second kappa shape index (κ2) is 9.44. The van der Waals surface area contributed by atoms with Gasteiger partial charge in [0.2, 0.25) is 0 Å². The zero-order valence-electron chi connectivity index (χ0n) is 18.1. The van der Waals surface area contributed by atoms with Gasteiger partial charge in [-0.1, -0.05) is 60.7 Å². The second-order valence-corrected chi connectivity index (χ2v) is 7.77. The Labute approximate surface area is 192 Å². The number of nitrogens with one attached hydrogen (secondary N) is 1. The van der Waals surface area contributed by atoms with Crippen molar-refractivity contribution in [3.8, 4) is 5.75 Å². The summed E-state index contributed by atoms with van der Waals surface area (Å²) in [6.07, 6.45) is 7.31. The lowest BCUT2D eigenvalue weighted by molar-refractivity contribution is 0.102. The van der Waals surface area contributed by atoms with Gasteiger partial charge in [0.05, 0.1) is 24.1 Å². The van der Waals surface area contributed by atoms with E-state index in [-0.39, 0.29) is 5.91 Å². The molecule has 2 aromatic heterocycles. The lowest BCUT2D eigenvalue weighted by atomic mass is 10.1. The number of carbonyl (C=O) groups is 1. The van der Waals surface area contributed by atoms with Crippen molar-refractivity contribution >= 4 is 22.5 Å². The van der Waals surface area contributed by atoms with Crippen LogP contribution in [0.4, 0.5) is 5.69 Å². The minimum atomic E-state index is -0.163. The lowest BCUT2D eigenvalue weighted by Gasteiger charge is -2.12. The van der Waals surface area contributed by atoms with E-state index in [1.165, 1.54) is 5.56 Å². The van der Waals surface area contributed by atoms with Crippen LogP contribution in [0.3, 0.4) is 0 Å². The number of fused-ring (bicyclic) bond motifs is 1. The van der Waals surface area contributed by atoms with E-state index in [9.17, 15) is 4.79 Å². The van der Waals surface area contributed by atoms with E-state index < -0.39 is 0 Å². The van der Waals surface area contributed by atoms with Gasteiger partial charge in [0.15, 0.2) is 0 Å². The maximum atomic E-state index is 13.3. The molecule has 0 spiro atoms. The number of rotatable bonds is 8. The lowest BCUT2D eigenvalue weighted by Crippen LogP contribution is -2.14. The molecule has 5 aromatic rings. The third-order valence-electron chi connectivity index (χ3n) is 5.53. The van der Waals surface area contributed by atoms with Crippen LogP contribution in [-0.2, 0) is 13.1 Å². The minimum absolute atomic E-state index is 0.163. The molecule has 0 saturated heterocycles. The van der Waals surface area contributed by atoms with Gasteiger partial charge in [0.25, 0.3) is 5.91 Å². The Morgan fingerprint density at radius 1 is 0.939 bits per heavy atom. The highest BCUT2D eigenvalue weighted by Gasteiger charge is 2.17. The predicted molar refractivity (Wildman–Crippen MR) is 130 cm³/mol. The molecule has 3 aromatic carbocycles. The molecule has 0 bridgehead atoms. The fourth-order valence-corrected chi connectivity index (χ4v) is 3.90. The van der Waals surface area contributed by atoms with Gasteiger partial charge < -0.3 is 19.2 Å². The second-order valence-electron chi connectivity index (χ2n) is 7.77. The van der Waals surface area contributed by atoms with Crippen molar-refractivity contribution < 1.29 is 9.53 Å². The van der Waals surface area contributed by atoms with Crippen molar-refractivity contribution in [1.82, 2.24) is 14.1 Å². The third kappa shape index (κ3) is 4.65. The maximum absolute atomic E-state index is 13.3. The van der Waals surface area contributed by atoms with Gasteiger partial charge in [0.1, 0.15) is 12.4 Å². The van der Waals surface area contributed by atoms with Crippen LogP contribution in [0, 0.1) is 0 Å². The number of amides is 1. The van der Waals surface area contributed by atoms with Crippen LogP contribution < -0.4 is 10.1 Å². The molecule has 0 radical (unpaired) electrons. The highest BCUT2D eigenvalue weighted by molar-refractivity contribution is 6.13. The van der Waals surface area contributed by atoms with E-state index in [0.717, 1.165) is 10.9 Å². The maximum Gasteiger partial charge on any atom is 0.257 e. The van der Waals surface area contributed by atoms with Crippen molar-refractivity contribution in [2.24, 2.45) is 0 Å². The number of hydrogen-bond donors (Lipinski definition) is 1. The molecule has 6 nitrogen and oxygen atoms in total. The number of aromatic nitrogens is 3. The fourth-order valence-electron chi connectivity index (χ4n) is 3.90. The van der Waals surface area contributed by atoms with Crippen LogP contribution in [0.2, 0.25) is 0 Å². The summed E-state index contributed by atoms with van der Waals surface area (Å²) in [6, 6.07) is 25.7. The van der Waals surface area contributed by atoms with Crippen molar-refractivity contribution in [1.29, 1.82) is 0 Å². The molecule has 0 aliphatic carbocycles. The molecule has 0 atom stereocenters. The van der Waals surface area contributed by atoms with Crippen molar-refractivity contribution in [2.45, 2.75) is 13.1 Å². The summed E-state index contributed by atoms with van der Waals surface area (Å²) in [5, 5.41) is 3.96. The van der Waals surface area contributed by atoms with Crippen LogP contribution in [0.25, 0.3) is 10.9 Å². The third-order valence-corrected chi connectivity index (χ3v) is 5.53. The van der Waals surface area contributed by atoms with Gasteiger partial charge in [-0.25, -0.2) is 4.98 Å². The summed E-state index contributed by atoms with van der Waals surface area (Å²) in [6.45, 7) is 1.84. The molecule has 1 amide bonds. The Balaban J connectivity index is 1.36. The number of para-hydroxylation sites is 3. The molecule has 0 aliphatic heterocycles. The molecule has 0 unspecified atom stereocenters. The van der Waals surface area contributed by atoms with Gasteiger partial charge in [-0.15, -0.1) is 0 Å². The van der Waals surface area contributed by atoms with Crippen LogP contribution in [0.5, 0.6) is 5.75 Å². The summed E-state index contributed by atoms with van der Waals surface area (Å²) in [5.74, 6) is 0.475. The molecule has 0 fully saturated rings. The van der Waals surface area contributed by atoms with E-state index >= 15 is 0 Å². The summed E-state index contributed by atoms with van der Waals surface area (Å²) < 4.78 is 10.0. The van der Waals surface area contributed by atoms with E-state index in [1.54, 1.807) is 12.5 Å². The topological polar surface area (TPSA) is 61.1 Å². The van der Waals surface area contributed by atoms with Crippen LogP contribution in [-0.4, -0.2) is 26.6 Å². The number of benzene rings is 3. The van der Waals surface area contributed by atoms with Crippen molar-refractivity contribution in [3.63, 3.8) is 0 Å². The van der Waals surface area contributed by atoms with Crippen molar-refractivity contribution in [2.75, 3.05) is 11.9 Å². The van der Waals surface area contributed by atoms with Gasteiger partial charge in [-0.3, -0.25) is 4.79 Å². The quantitative estimate of drug-likeness (QED) is 0.363. The number of hydrogen-bond acceptors (Lipinski definition) is 3. The molecule has 164 valence electrons. The van der Waals surface area contributed by atoms with Gasteiger partial charge >= 0.3 is 0 Å². The monoisotopic (exact) mass is 436 g/mol. The largest absolute Gasteiger partial charge is 0.490 e. The molecule has 0 aliphatic rings. The summed E-state index contributed by atoms with van der Waals surface area (Å²) >= 11 is 0. The van der Waals surface area contributed by atoms with E-state index in [1.807, 2.05) is 83.7 Å².